The molecule has 2 fully saturated rings. The van der Waals surface area contributed by atoms with Crippen molar-refractivity contribution in [2.45, 2.75) is 43.6 Å². The molecule has 0 amide bonds. The minimum Gasteiger partial charge on any atom is -0.322 e. The van der Waals surface area contributed by atoms with Gasteiger partial charge in [-0.15, -0.1) is 11.6 Å². The fraction of sp³-hybridized carbons (Fsp3) is 0.562. The SMILES string of the molecule is CC(Cl)c1nc2ccc(Br)cc2n1C1CCN2CCCC12. The molecular weight excluding hydrogens is 350 g/mol. The van der Waals surface area contributed by atoms with E-state index in [9.17, 15) is 0 Å². The molecule has 1 aromatic carbocycles. The van der Waals surface area contributed by atoms with Crippen molar-refractivity contribution in [3.8, 4) is 0 Å². The molecule has 0 aliphatic carbocycles. The van der Waals surface area contributed by atoms with E-state index in [1.807, 2.05) is 6.92 Å². The molecule has 0 radical (unpaired) electrons. The lowest BCUT2D eigenvalue weighted by Gasteiger charge is -2.24. The van der Waals surface area contributed by atoms with Crippen molar-refractivity contribution in [2.75, 3.05) is 13.1 Å². The summed E-state index contributed by atoms with van der Waals surface area (Å²) in [6.45, 7) is 4.48. The lowest BCUT2D eigenvalue weighted by Crippen LogP contribution is -2.28. The van der Waals surface area contributed by atoms with Crippen molar-refractivity contribution < 1.29 is 0 Å². The molecule has 5 heteroatoms. The lowest BCUT2D eigenvalue weighted by molar-refractivity contribution is 0.290. The molecule has 2 aliphatic rings. The fourth-order valence-electron chi connectivity index (χ4n) is 4.07. The molecule has 3 unspecified atom stereocenters. The van der Waals surface area contributed by atoms with Crippen molar-refractivity contribution in [2.24, 2.45) is 0 Å². The summed E-state index contributed by atoms with van der Waals surface area (Å²) in [6.07, 6.45) is 3.83. The Morgan fingerprint density at radius 3 is 2.95 bits per heavy atom. The topological polar surface area (TPSA) is 21.1 Å². The molecule has 2 saturated heterocycles. The maximum atomic E-state index is 6.43. The van der Waals surface area contributed by atoms with E-state index < -0.39 is 0 Å². The molecule has 21 heavy (non-hydrogen) atoms. The zero-order chi connectivity index (χ0) is 14.6. The Bertz CT molecular complexity index is 681. The number of fused-ring (bicyclic) bond motifs is 2. The number of rotatable bonds is 2. The van der Waals surface area contributed by atoms with Gasteiger partial charge < -0.3 is 4.57 Å². The van der Waals surface area contributed by atoms with Crippen LogP contribution in [0.5, 0.6) is 0 Å². The van der Waals surface area contributed by atoms with Crippen molar-refractivity contribution in [3.63, 3.8) is 0 Å². The van der Waals surface area contributed by atoms with E-state index in [-0.39, 0.29) is 5.38 Å². The van der Waals surface area contributed by atoms with Crippen LogP contribution in [-0.2, 0) is 0 Å². The molecule has 0 spiro atoms. The summed E-state index contributed by atoms with van der Waals surface area (Å²) in [4.78, 5) is 7.44. The lowest BCUT2D eigenvalue weighted by atomic mass is 10.1. The van der Waals surface area contributed by atoms with E-state index in [1.165, 1.54) is 37.9 Å². The molecule has 112 valence electrons. The first-order valence-corrected chi connectivity index (χ1v) is 8.93. The molecule has 3 nitrogen and oxygen atoms in total. The first-order valence-electron chi connectivity index (χ1n) is 7.70. The number of alkyl halides is 1. The van der Waals surface area contributed by atoms with Gasteiger partial charge in [-0.3, -0.25) is 4.90 Å². The molecule has 1 aromatic heterocycles. The second-order valence-electron chi connectivity index (χ2n) is 6.19. The van der Waals surface area contributed by atoms with E-state index >= 15 is 0 Å². The summed E-state index contributed by atoms with van der Waals surface area (Å²) in [5, 5.41) is -0.0633. The van der Waals surface area contributed by atoms with Crippen LogP contribution in [0, 0.1) is 0 Å². The molecule has 2 aliphatic heterocycles. The maximum absolute atomic E-state index is 6.43. The first-order chi connectivity index (χ1) is 10.1. The van der Waals surface area contributed by atoms with Crippen LogP contribution in [0.15, 0.2) is 22.7 Å². The zero-order valence-corrected chi connectivity index (χ0v) is 14.4. The second-order valence-corrected chi connectivity index (χ2v) is 7.76. The van der Waals surface area contributed by atoms with E-state index in [2.05, 4.69) is 43.6 Å². The largest absolute Gasteiger partial charge is 0.322 e. The zero-order valence-electron chi connectivity index (χ0n) is 12.1. The minimum absolute atomic E-state index is 0.0633. The molecule has 2 aromatic rings. The average molecular weight is 369 g/mol. The molecule has 4 rings (SSSR count). The highest BCUT2D eigenvalue weighted by Gasteiger charge is 2.39. The Hall–Kier alpha value is -0.580. The molecular formula is C16H19BrClN3. The van der Waals surface area contributed by atoms with Gasteiger partial charge in [-0.2, -0.15) is 0 Å². The van der Waals surface area contributed by atoms with Gasteiger partial charge in [0.15, 0.2) is 0 Å². The number of imidazole rings is 1. The Kier molecular flexibility index (Phi) is 3.51. The van der Waals surface area contributed by atoms with E-state index in [4.69, 9.17) is 16.6 Å². The number of nitrogens with zero attached hydrogens (tertiary/aromatic N) is 3. The maximum Gasteiger partial charge on any atom is 0.128 e. The smallest absolute Gasteiger partial charge is 0.128 e. The van der Waals surface area contributed by atoms with Crippen LogP contribution in [-0.4, -0.2) is 33.6 Å². The van der Waals surface area contributed by atoms with Crippen LogP contribution in [0.2, 0.25) is 0 Å². The molecule has 0 saturated carbocycles. The third-order valence-electron chi connectivity index (χ3n) is 4.94. The van der Waals surface area contributed by atoms with Gasteiger partial charge in [0, 0.05) is 17.1 Å². The number of hydrogen-bond acceptors (Lipinski definition) is 2. The Balaban J connectivity index is 1.89. The number of benzene rings is 1. The van der Waals surface area contributed by atoms with Gasteiger partial charge in [-0.05, 0) is 50.9 Å². The second kappa shape index (κ2) is 5.25. The summed E-state index contributed by atoms with van der Waals surface area (Å²) >= 11 is 10.0. The summed E-state index contributed by atoms with van der Waals surface area (Å²) in [6, 6.07) is 7.50. The Morgan fingerprint density at radius 1 is 1.29 bits per heavy atom. The third-order valence-corrected chi connectivity index (χ3v) is 5.63. The molecule has 3 atom stereocenters. The van der Waals surface area contributed by atoms with Gasteiger partial charge in [0.1, 0.15) is 5.82 Å². The van der Waals surface area contributed by atoms with Crippen molar-refractivity contribution >= 4 is 38.6 Å². The molecule has 3 heterocycles. The van der Waals surface area contributed by atoms with Crippen LogP contribution in [0.4, 0.5) is 0 Å². The van der Waals surface area contributed by atoms with Crippen LogP contribution >= 0.6 is 27.5 Å². The normalized spacial score (nSPS) is 27.4. The van der Waals surface area contributed by atoms with Gasteiger partial charge in [0.05, 0.1) is 22.5 Å². The van der Waals surface area contributed by atoms with Gasteiger partial charge in [-0.1, -0.05) is 15.9 Å². The van der Waals surface area contributed by atoms with E-state index in [0.717, 1.165) is 15.8 Å². The van der Waals surface area contributed by atoms with Crippen LogP contribution in [0.1, 0.15) is 43.4 Å². The van der Waals surface area contributed by atoms with E-state index in [0.29, 0.717) is 12.1 Å². The van der Waals surface area contributed by atoms with Gasteiger partial charge in [-0.25, -0.2) is 4.98 Å². The Morgan fingerprint density at radius 2 is 2.14 bits per heavy atom. The Labute approximate surface area is 138 Å². The van der Waals surface area contributed by atoms with Gasteiger partial charge in [0.2, 0.25) is 0 Å². The minimum atomic E-state index is -0.0633. The fourth-order valence-corrected chi connectivity index (χ4v) is 4.57. The standard InChI is InChI=1S/C16H19BrClN3/c1-10(18)16-19-12-5-4-11(17)9-15(12)21(16)14-6-8-20-7-2-3-13(14)20/h4-5,9-10,13-14H,2-3,6-8H2,1H3. The summed E-state index contributed by atoms with van der Waals surface area (Å²) in [5.74, 6) is 1.02. The quantitative estimate of drug-likeness (QED) is 0.727. The summed E-state index contributed by atoms with van der Waals surface area (Å²) in [7, 11) is 0. The van der Waals surface area contributed by atoms with Gasteiger partial charge in [0.25, 0.3) is 0 Å². The molecule has 0 N–H and O–H groups in total. The predicted molar refractivity (Wildman–Crippen MR) is 90.0 cm³/mol. The van der Waals surface area contributed by atoms with Crippen LogP contribution in [0.25, 0.3) is 11.0 Å². The van der Waals surface area contributed by atoms with Crippen LogP contribution < -0.4 is 0 Å². The number of halogens is 2. The van der Waals surface area contributed by atoms with E-state index in [1.54, 1.807) is 0 Å². The highest BCUT2D eigenvalue weighted by Crippen LogP contribution is 2.40. The predicted octanol–water partition coefficient (Wildman–Crippen LogP) is 4.51. The van der Waals surface area contributed by atoms with Crippen molar-refractivity contribution in [1.82, 2.24) is 14.5 Å². The van der Waals surface area contributed by atoms with Crippen molar-refractivity contribution in [3.05, 3.63) is 28.5 Å². The monoisotopic (exact) mass is 367 g/mol. The average Bonchev–Trinajstić information content (AvgIpc) is 3.10. The summed E-state index contributed by atoms with van der Waals surface area (Å²) in [5.41, 5.74) is 2.27. The highest BCUT2D eigenvalue weighted by atomic mass is 79.9. The summed E-state index contributed by atoms with van der Waals surface area (Å²) < 4.78 is 3.53. The first kappa shape index (κ1) is 14.0. The van der Waals surface area contributed by atoms with Crippen LogP contribution in [0.3, 0.4) is 0 Å². The third kappa shape index (κ3) is 2.23. The number of hydrogen-bond donors (Lipinski definition) is 0. The highest BCUT2D eigenvalue weighted by molar-refractivity contribution is 9.10. The van der Waals surface area contributed by atoms with Gasteiger partial charge >= 0.3 is 0 Å². The molecule has 0 bridgehead atoms. The number of aromatic nitrogens is 2. The van der Waals surface area contributed by atoms with Crippen molar-refractivity contribution in [1.29, 1.82) is 0 Å².